The van der Waals surface area contributed by atoms with E-state index >= 15 is 0 Å². The monoisotopic (exact) mass is 704 g/mol. The van der Waals surface area contributed by atoms with Crippen LogP contribution < -0.4 is 4.90 Å². The summed E-state index contributed by atoms with van der Waals surface area (Å²) < 4.78 is 13.1. The van der Waals surface area contributed by atoms with Crippen LogP contribution in [0.25, 0.3) is 88.3 Å². The molecule has 0 saturated heterocycles. The quantitative estimate of drug-likeness (QED) is 0.173. The van der Waals surface area contributed by atoms with E-state index in [1.807, 2.05) is 30.3 Å². The topological polar surface area (TPSA) is 42.4 Å². The van der Waals surface area contributed by atoms with Gasteiger partial charge in [-0.1, -0.05) is 133 Å². The van der Waals surface area contributed by atoms with E-state index in [-0.39, 0.29) is 0 Å². The maximum Gasteiger partial charge on any atom is 0.228 e. The Labute approximate surface area is 317 Å². The van der Waals surface area contributed by atoms with Crippen LogP contribution in [0.1, 0.15) is 0 Å². The Morgan fingerprint density at radius 1 is 0.364 bits per heavy atom. The maximum absolute atomic E-state index is 6.64. The number of rotatable bonds is 6. The van der Waals surface area contributed by atoms with Crippen LogP contribution in [0.15, 0.2) is 203 Å². The summed E-state index contributed by atoms with van der Waals surface area (Å²) >= 11 is 0. The number of aromatic nitrogens is 1. The van der Waals surface area contributed by atoms with Gasteiger partial charge in [-0.25, -0.2) is 4.98 Å². The molecule has 2 aromatic heterocycles. The molecule has 0 N–H and O–H groups in total. The number of anilines is 3. The molecule has 4 nitrogen and oxygen atoms in total. The van der Waals surface area contributed by atoms with Crippen LogP contribution in [0.4, 0.5) is 17.1 Å². The van der Waals surface area contributed by atoms with Crippen LogP contribution >= 0.6 is 0 Å². The molecular weight excluding hydrogens is 673 g/mol. The minimum atomic E-state index is 0.578. The summed E-state index contributed by atoms with van der Waals surface area (Å²) in [6.07, 6.45) is 0. The molecule has 11 aromatic rings. The normalized spacial score (nSPS) is 11.6. The number of oxazole rings is 1. The number of hydrogen-bond donors (Lipinski definition) is 0. The van der Waals surface area contributed by atoms with Crippen LogP contribution in [0.2, 0.25) is 0 Å². The molecule has 0 atom stereocenters. The molecule has 0 radical (unpaired) electrons. The van der Waals surface area contributed by atoms with Gasteiger partial charge in [0.25, 0.3) is 0 Å². The summed E-state index contributed by atoms with van der Waals surface area (Å²) in [5, 5.41) is 6.65. The zero-order valence-corrected chi connectivity index (χ0v) is 29.7. The molecule has 4 heteroatoms. The van der Waals surface area contributed by atoms with Crippen molar-refractivity contribution >= 4 is 71.6 Å². The molecule has 2 heterocycles. The summed E-state index contributed by atoms with van der Waals surface area (Å²) in [7, 11) is 0. The number of furan rings is 1. The van der Waals surface area contributed by atoms with E-state index in [0.29, 0.717) is 5.89 Å². The van der Waals surface area contributed by atoms with Gasteiger partial charge in [0.2, 0.25) is 5.89 Å². The fourth-order valence-corrected chi connectivity index (χ4v) is 8.08. The molecule has 9 aromatic carbocycles. The number of nitrogens with zero attached hydrogens (tertiary/aromatic N) is 2. The second kappa shape index (κ2) is 12.6. The molecule has 0 unspecified atom stereocenters. The minimum Gasteiger partial charge on any atom is -0.456 e. The fraction of sp³-hybridized carbons (Fsp3) is 0. The van der Waals surface area contributed by atoms with Crippen molar-refractivity contribution < 1.29 is 8.83 Å². The van der Waals surface area contributed by atoms with Gasteiger partial charge in [-0.15, -0.1) is 0 Å². The molecule has 0 spiro atoms. The molecule has 0 aliphatic carbocycles. The van der Waals surface area contributed by atoms with E-state index in [0.717, 1.165) is 72.0 Å². The van der Waals surface area contributed by atoms with Crippen molar-refractivity contribution in [1.82, 2.24) is 4.98 Å². The first-order valence-electron chi connectivity index (χ1n) is 18.5. The Balaban J connectivity index is 1.06. The molecule has 11 rings (SSSR count). The first kappa shape index (κ1) is 31.1. The zero-order valence-electron chi connectivity index (χ0n) is 29.7. The lowest BCUT2D eigenvalue weighted by Crippen LogP contribution is -2.10. The van der Waals surface area contributed by atoms with Gasteiger partial charge >= 0.3 is 0 Å². The van der Waals surface area contributed by atoms with Crippen molar-refractivity contribution in [3.8, 4) is 33.7 Å². The molecule has 0 amide bonds. The fourth-order valence-electron chi connectivity index (χ4n) is 8.08. The Kier molecular flexibility index (Phi) is 7.14. The van der Waals surface area contributed by atoms with Gasteiger partial charge < -0.3 is 13.7 Å². The van der Waals surface area contributed by atoms with Crippen molar-refractivity contribution in [2.45, 2.75) is 0 Å². The highest BCUT2D eigenvalue weighted by molar-refractivity contribution is 6.13. The number of benzene rings is 9. The predicted molar refractivity (Wildman–Crippen MR) is 227 cm³/mol. The van der Waals surface area contributed by atoms with Crippen molar-refractivity contribution in [2.24, 2.45) is 0 Å². The molecule has 55 heavy (non-hydrogen) atoms. The summed E-state index contributed by atoms with van der Waals surface area (Å²) in [6, 6.07) is 68.1. The molecule has 0 bridgehead atoms. The van der Waals surface area contributed by atoms with Crippen LogP contribution in [0.3, 0.4) is 0 Å². The van der Waals surface area contributed by atoms with Crippen molar-refractivity contribution in [3.63, 3.8) is 0 Å². The first-order chi connectivity index (χ1) is 27.2. The Bertz CT molecular complexity index is 3210. The molecule has 0 aliphatic heterocycles. The Morgan fingerprint density at radius 2 is 1.02 bits per heavy atom. The Morgan fingerprint density at radius 3 is 1.89 bits per heavy atom. The van der Waals surface area contributed by atoms with E-state index in [1.165, 1.54) is 27.5 Å². The largest absolute Gasteiger partial charge is 0.456 e. The highest BCUT2D eigenvalue weighted by atomic mass is 16.3. The highest BCUT2D eigenvalue weighted by Crippen LogP contribution is 2.43. The van der Waals surface area contributed by atoms with Gasteiger partial charge in [0.1, 0.15) is 16.7 Å². The van der Waals surface area contributed by atoms with Gasteiger partial charge in [0, 0.05) is 44.9 Å². The van der Waals surface area contributed by atoms with Gasteiger partial charge in [-0.2, -0.15) is 0 Å². The van der Waals surface area contributed by atoms with E-state index in [9.17, 15) is 0 Å². The smallest absolute Gasteiger partial charge is 0.228 e. The van der Waals surface area contributed by atoms with Crippen LogP contribution in [0.5, 0.6) is 0 Å². The lowest BCUT2D eigenvalue weighted by molar-refractivity contribution is 0.620. The summed E-state index contributed by atoms with van der Waals surface area (Å²) in [4.78, 5) is 7.35. The third kappa shape index (κ3) is 5.26. The van der Waals surface area contributed by atoms with E-state index in [1.54, 1.807) is 0 Å². The van der Waals surface area contributed by atoms with Crippen molar-refractivity contribution in [1.29, 1.82) is 0 Å². The average molecular weight is 705 g/mol. The van der Waals surface area contributed by atoms with Crippen LogP contribution in [-0.2, 0) is 0 Å². The SMILES string of the molecule is c1ccc(-c2ccc(N(c3cccc(-c4cccc5ccccc45)c3)c3ccc4c(c3)oc3cccc(-c5nc6c(ccc7ccccc76)o5)c34)cc2)cc1. The van der Waals surface area contributed by atoms with Gasteiger partial charge in [0.15, 0.2) is 5.58 Å². The van der Waals surface area contributed by atoms with Crippen molar-refractivity contribution in [3.05, 3.63) is 194 Å². The summed E-state index contributed by atoms with van der Waals surface area (Å²) in [5.41, 5.74) is 11.9. The van der Waals surface area contributed by atoms with E-state index < -0.39 is 0 Å². The lowest BCUT2D eigenvalue weighted by atomic mass is 9.97. The van der Waals surface area contributed by atoms with E-state index in [2.05, 4.69) is 169 Å². The molecular formula is C51H32N2O2. The van der Waals surface area contributed by atoms with Gasteiger partial charge in [0.05, 0.1) is 0 Å². The first-order valence-corrected chi connectivity index (χ1v) is 18.5. The second-order valence-electron chi connectivity index (χ2n) is 13.9. The third-order valence-corrected chi connectivity index (χ3v) is 10.7. The summed E-state index contributed by atoms with van der Waals surface area (Å²) in [5.74, 6) is 0.578. The minimum absolute atomic E-state index is 0.578. The molecule has 0 saturated carbocycles. The maximum atomic E-state index is 6.64. The lowest BCUT2D eigenvalue weighted by Gasteiger charge is -2.26. The van der Waals surface area contributed by atoms with Gasteiger partial charge in [-0.3, -0.25) is 0 Å². The van der Waals surface area contributed by atoms with E-state index in [4.69, 9.17) is 13.8 Å². The summed E-state index contributed by atoms with van der Waals surface area (Å²) in [6.45, 7) is 0. The van der Waals surface area contributed by atoms with Crippen LogP contribution in [0, 0.1) is 0 Å². The second-order valence-corrected chi connectivity index (χ2v) is 13.9. The van der Waals surface area contributed by atoms with Crippen LogP contribution in [-0.4, -0.2) is 4.98 Å². The van der Waals surface area contributed by atoms with Gasteiger partial charge in [-0.05, 0) is 93.0 Å². The third-order valence-electron chi connectivity index (χ3n) is 10.7. The average Bonchev–Trinajstić information content (AvgIpc) is 3.86. The molecule has 0 fully saturated rings. The standard InChI is InChI=1S/C51H32N2O2/c1-2-11-33(12-3-1)34-23-26-38(27-24-34)53(39-17-8-16-37(31-39)42-20-9-15-35-13-4-6-18-41(35)42)40-28-29-44-48(32-40)54-46-22-10-21-45(49(44)46)51-52-50-43-19-7-5-14-36(43)25-30-47(50)55-51/h1-32H. The highest BCUT2D eigenvalue weighted by Gasteiger charge is 2.20. The predicted octanol–water partition coefficient (Wildman–Crippen LogP) is 14.5. The molecule has 0 aliphatic rings. The Hall–Kier alpha value is -7.43. The number of hydrogen-bond acceptors (Lipinski definition) is 4. The molecule has 258 valence electrons. The zero-order chi connectivity index (χ0) is 36.3. The van der Waals surface area contributed by atoms with Crippen molar-refractivity contribution in [2.75, 3.05) is 4.90 Å². The number of fused-ring (bicyclic) bond motifs is 7.